The topological polar surface area (TPSA) is 94.3 Å². The van der Waals surface area contributed by atoms with Crippen LogP contribution in [0.15, 0.2) is 18.3 Å². The zero-order valence-electron chi connectivity index (χ0n) is 10.3. The largest absolute Gasteiger partial charge is 0.451 e. The van der Waals surface area contributed by atoms with E-state index in [-0.39, 0.29) is 18.2 Å². The summed E-state index contributed by atoms with van der Waals surface area (Å²) in [5.74, 6) is -0.951. The zero-order valence-corrected chi connectivity index (χ0v) is 10.3. The summed E-state index contributed by atoms with van der Waals surface area (Å²) in [6, 6.07) is 3.00. The van der Waals surface area contributed by atoms with Crippen LogP contribution in [0.25, 0.3) is 0 Å². The number of hydrogen-bond acceptors (Lipinski definition) is 5. The Balaban J connectivity index is 2.32. The number of aromatic nitrogens is 1. The van der Waals surface area contributed by atoms with E-state index in [4.69, 9.17) is 10.5 Å². The molecule has 98 valence electrons. The van der Waals surface area contributed by atoms with Crippen LogP contribution >= 0.6 is 0 Å². The Morgan fingerprint density at radius 2 is 2.22 bits per heavy atom. The van der Waals surface area contributed by atoms with Gasteiger partial charge in [0.05, 0.1) is 11.9 Å². The number of amides is 1. The molecule has 18 heavy (non-hydrogen) atoms. The number of nitrogens with one attached hydrogen (secondary N) is 1. The molecule has 0 saturated carbocycles. The number of rotatable bonds is 6. The van der Waals surface area contributed by atoms with Crippen LogP contribution < -0.4 is 11.1 Å². The van der Waals surface area contributed by atoms with Gasteiger partial charge in [0.15, 0.2) is 6.61 Å². The van der Waals surface area contributed by atoms with E-state index in [1.54, 1.807) is 6.07 Å². The highest BCUT2D eigenvalue weighted by Gasteiger charge is 2.10. The van der Waals surface area contributed by atoms with Crippen LogP contribution in [-0.4, -0.2) is 30.0 Å². The monoisotopic (exact) mass is 251 g/mol. The standard InChI is InChI=1S/C12H17N3O3/c1-2-3-6-14-11(16)8-18-12(17)10-5-4-9(13)7-15-10/h4-5,7H,2-3,6,8,13H2,1H3,(H,14,16). The molecule has 0 saturated heterocycles. The van der Waals surface area contributed by atoms with Crippen LogP contribution in [0, 0.1) is 0 Å². The Morgan fingerprint density at radius 1 is 1.44 bits per heavy atom. The molecule has 0 spiro atoms. The van der Waals surface area contributed by atoms with E-state index in [9.17, 15) is 9.59 Å². The second-order valence-electron chi connectivity index (χ2n) is 3.76. The predicted octanol–water partition coefficient (Wildman–Crippen LogP) is 0.737. The number of nitrogens with two attached hydrogens (primary N) is 1. The first-order chi connectivity index (χ1) is 8.63. The summed E-state index contributed by atoms with van der Waals surface area (Å²) in [5, 5.41) is 2.64. The summed E-state index contributed by atoms with van der Waals surface area (Å²) in [6.07, 6.45) is 3.26. The molecular formula is C12H17N3O3. The van der Waals surface area contributed by atoms with E-state index >= 15 is 0 Å². The van der Waals surface area contributed by atoms with Gasteiger partial charge in [-0.2, -0.15) is 0 Å². The van der Waals surface area contributed by atoms with Crippen molar-refractivity contribution in [1.29, 1.82) is 0 Å². The molecule has 0 aliphatic heterocycles. The van der Waals surface area contributed by atoms with E-state index in [1.807, 2.05) is 6.92 Å². The number of ether oxygens (including phenoxy) is 1. The van der Waals surface area contributed by atoms with Gasteiger partial charge in [-0.25, -0.2) is 9.78 Å². The van der Waals surface area contributed by atoms with E-state index in [2.05, 4.69) is 10.3 Å². The number of nitrogens with zero attached hydrogens (tertiary/aromatic N) is 1. The molecule has 0 unspecified atom stereocenters. The van der Waals surface area contributed by atoms with E-state index in [0.717, 1.165) is 12.8 Å². The molecule has 1 rings (SSSR count). The van der Waals surface area contributed by atoms with Crippen molar-refractivity contribution < 1.29 is 14.3 Å². The van der Waals surface area contributed by atoms with Crippen molar-refractivity contribution in [3.8, 4) is 0 Å². The van der Waals surface area contributed by atoms with E-state index < -0.39 is 5.97 Å². The number of unbranched alkanes of at least 4 members (excludes halogenated alkanes) is 1. The third kappa shape index (κ3) is 4.82. The fraction of sp³-hybridized carbons (Fsp3) is 0.417. The molecule has 1 aromatic heterocycles. The van der Waals surface area contributed by atoms with Crippen LogP contribution in [0.1, 0.15) is 30.3 Å². The fourth-order valence-electron chi connectivity index (χ4n) is 1.19. The van der Waals surface area contributed by atoms with E-state index in [1.165, 1.54) is 12.3 Å². The maximum atomic E-state index is 11.5. The van der Waals surface area contributed by atoms with Gasteiger partial charge >= 0.3 is 5.97 Å². The molecule has 0 aromatic carbocycles. The maximum absolute atomic E-state index is 11.5. The molecule has 0 radical (unpaired) electrons. The molecule has 0 bridgehead atoms. The number of esters is 1. The van der Waals surface area contributed by atoms with Crippen molar-refractivity contribution in [2.45, 2.75) is 19.8 Å². The average Bonchev–Trinajstić information content (AvgIpc) is 2.37. The van der Waals surface area contributed by atoms with Gasteiger partial charge < -0.3 is 15.8 Å². The van der Waals surface area contributed by atoms with Crippen molar-refractivity contribution in [1.82, 2.24) is 10.3 Å². The first-order valence-electron chi connectivity index (χ1n) is 5.79. The predicted molar refractivity (Wildman–Crippen MR) is 66.8 cm³/mol. The van der Waals surface area contributed by atoms with Crippen LogP contribution in [-0.2, 0) is 9.53 Å². The summed E-state index contributed by atoms with van der Waals surface area (Å²) in [6.45, 7) is 2.32. The van der Waals surface area contributed by atoms with Crippen molar-refractivity contribution in [2.24, 2.45) is 0 Å². The first kappa shape index (κ1) is 14.0. The Labute approximate surface area is 106 Å². The minimum Gasteiger partial charge on any atom is -0.451 e. The first-order valence-corrected chi connectivity index (χ1v) is 5.79. The van der Waals surface area contributed by atoms with Crippen LogP contribution in [0.3, 0.4) is 0 Å². The number of carbonyl (C=O) groups excluding carboxylic acids is 2. The van der Waals surface area contributed by atoms with Crippen LogP contribution in [0.4, 0.5) is 5.69 Å². The van der Waals surface area contributed by atoms with Crippen molar-refractivity contribution in [3.05, 3.63) is 24.0 Å². The van der Waals surface area contributed by atoms with Crippen molar-refractivity contribution in [3.63, 3.8) is 0 Å². The highest BCUT2D eigenvalue weighted by molar-refractivity contribution is 5.89. The number of pyridine rings is 1. The SMILES string of the molecule is CCCCNC(=O)COC(=O)c1ccc(N)cn1. The summed E-state index contributed by atoms with van der Waals surface area (Å²) in [4.78, 5) is 26.6. The molecule has 0 fully saturated rings. The lowest BCUT2D eigenvalue weighted by molar-refractivity contribution is -0.124. The van der Waals surface area contributed by atoms with Gasteiger partial charge in [-0.3, -0.25) is 4.79 Å². The summed E-state index contributed by atoms with van der Waals surface area (Å²) >= 11 is 0. The lowest BCUT2D eigenvalue weighted by atomic mass is 10.3. The molecule has 1 heterocycles. The fourth-order valence-corrected chi connectivity index (χ4v) is 1.19. The third-order valence-electron chi connectivity index (χ3n) is 2.18. The molecule has 0 aliphatic carbocycles. The maximum Gasteiger partial charge on any atom is 0.357 e. The highest BCUT2D eigenvalue weighted by Crippen LogP contribution is 2.02. The van der Waals surface area contributed by atoms with E-state index in [0.29, 0.717) is 12.2 Å². The Morgan fingerprint density at radius 3 is 2.83 bits per heavy atom. The minimum absolute atomic E-state index is 0.130. The average molecular weight is 251 g/mol. The zero-order chi connectivity index (χ0) is 13.4. The second kappa shape index (κ2) is 7.26. The third-order valence-corrected chi connectivity index (χ3v) is 2.18. The second-order valence-corrected chi connectivity index (χ2v) is 3.76. The quantitative estimate of drug-likeness (QED) is 0.574. The molecule has 0 atom stereocenters. The lowest BCUT2D eigenvalue weighted by Crippen LogP contribution is -2.29. The Bertz CT molecular complexity index is 404. The van der Waals surface area contributed by atoms with Crippen LogP contribution in [0.5, 0.6) is 0 Å². The van der Waals surface area contributed by atoms with Gasteiger partial charge in [0.1, 0.15) is 5.69 Å². The minimum atomic E-state index is -0.638. The molecule has 3 N–H and O–H groups in total. The van der Waals surface area contributed by atoms with Gasteiger partial charge in [-0.1, -0.05) is 13.3 Å². The summed E-state index contributed by atoms with van der Waals surface area (Å²) in [7, 11) is 0. The van der Waals surface area contributed by atoms with Gasteiger partial charge in [-0.15, -0.1) is 0 Å². The molecule has 6 nitrogen and oxygen atoms in total. The van der Waals surface area contributed by atoms with Gasteiger partial charge in [0, 0.05) is 6.54 Å². The molecule has 6 heteroatoms. The molecule has 1 aromatic rings. The van der Waals surface area contributed by atoms with Crippen LogP contribution in [0.2, 0.25) is 0 Å². The van der Waals surface area contributed by atoms with Crippen molar-refractivity contribution >= 4 is 17.6 Å². The van der Waals surface area contributed by atoms with Crippen molar-refractivity contribution in [2.75, 3.05) is 18.9 Å². The normalized spacial score (nSPS) is 9.83. The summed E-state index contributed by atoms with van der Waals surface area (Å²) < 4.78 is 4.81. The summed E-state index contributed by atoms with van der Waals surface area (Å²) in [5.41, 5.74) is 6.03. The molecule has 0 aliphatic rings. The van der Waals surface area contributed by atoms with Gasteiger partial charge in [-0.05, 0) is 18.6 Å². The molecule has 1 amide bonds. The number of carbonyl (C=O) groups is 2. The highest BCUT2D eigenvalue weighted by atomic mass is 16.5. The molecular weight excluding hydrogens is 234 g/mol. The number of anilines is 1. The Kier molecular flexibility index (Phi) is 5.63. The van der Waals surface area contributed by atoms with Gasteiger partial charge in [0.2, 0.25) is 0 Å². The number of hydrogen-bond donors (Lipinski definition) is 2. The Hall–Kier alpha value is -2.11. The smallest absolute Gasteiger partial charge is 0.357 e. The lowest BCUT2D eigenvalue weighted by Gasteiger charge is -2.05. The number of nitrogen functional groups attached to an aromatic ring is 1. The van der Waals surface area contributed by atoms with Gasteiger partial charge in [0.25, 0.3) is 5.91 Å².